The van der Waals surface area contributed by atoms with Crippen molar-refractivity contribution in [3.05, 3.63) is 58.6 Å². The highest BCUT2D eigenvalue weighted by Gasteiger charge is 2.22. The average Bonchev–Trinajstić information content (AvgIpc) is 3.17. The van der Waals surface area contributed by atoms with E-state index in [1.807, 2.05) is 30.3 Å². The molecule has 1 atom stereocenters. The van der Waals surface area contributed by atoms with Crippen molar-refractivity contribution in [2.75, 3.05) is 12.4 Å². The zero-order valence-corrected chi connectivity index (χ0v) is 15.8. The Kier molecular flexibility index (Phi) is 5.90. The van der Waals surface area contributed by atoms with Crippen LogP contribution in [0.3, 0.4) is 0 Å². The fraction of sp³-hybridized carbons (Fsp3) is 0.167. The van der Waals surface area contributed by atoms with Crippen molar-refractivity contribution < 1.29 is 18.9 Å². The highest BCUT2D eigenvalue weighted by molar-refractivity contribution is 8.00. The molecule has 144 valence electrons. The van der Waals surface area contributed by atoms with Gasteiger partial charge in [0.2, 0.25) is 11.8 Å². The maximum Gasteiger partial charge on any atom is 0.296 e. The van der Waals surface area contributed by atoms with Crippen molar-refractivity contribution in [1.29, 1.82) is 0 Å². The smallest absolute Gasteiger partial charge is 0.296 e. The topological polar surface area (TPSA) is 120 Å². The summed E-state index contributed by atoms with van der Waals surface area (Å²) in [6.07, 6.45) is 0. The van der Waals surface area contributed by atoms with Crippen molar-refractivity contribution in [3.63, 3.8) is 0 Å². The largest absolute Gasteiger partial charge is 0.496 e. The van der Waals surface area contributed by atoms with Crippen molar-refractivity contribution in [1.82, 2.24) is 10.2 Å². The lowest BCUT2D eigenvalue weighted by atomic mass is 10.2. The second kappa shape index (κ2) is 8.53. The van der Waals surface area contributed by atoms with Crippen LogP contribution >= 0.6 is 11.8 Å². The fourth-order valence-electron chi connectivity index (χ4n) is 2.29. The lowest BCUT2D eigenvalue weighted by Gasteiger charge is -2.11. The van der Waals surface area contributed by atoms with Gasteiger partial charge in [-0.25, -0.2) is 0 Å². The maximum atomic E-state index is 12.4. The van der Waals surface area contributed by atoms with Crippen LogP contribution in [0.5, 0.6) is 5.75 Å². The van der Waals surface area contributed by atoms with Crippen molar-refractivity contribution in [2.24, 2.45) is 0 Å². The lowest BCUT2D eigenvalue weighted by Crippen LogP contribution is -2.22. The van der Waals surface area contributed by atoms with Crippen molar-refractivity contribution in [2.45, 2.75) is 17.4 Å². The van der Waals surface area contributed by atoms with Crippen LogP contribution < -0.4 is 10.1 Å². The molecule has 0 bridgehead atoms. The number of anilines is 1. The van der Waals surface area contributed by atoms with Gasteiger partial charge in [-0.05, 0) is 31.2 Å². The molecular formula is C18H16N4O5S. The third-order valence-electron chi connectivity index (χ3n) is 3.73. The van der Waals surface area contributed by atoms with E-state index in [9.17, 15) is 14.9 Å². The van der Waals surface area contributed by atoms with Gasteiger partial charge < -0.3 is 14.5 Å². The van der Waals surface area contributed by atoms with E-state index in [-0.39, 0.29) is 16.6 Å². The lowest BCUT2D eigenvalue weighted by molar-refractivity contribution is -0.384. The minimum absolute atomic E-state index is 0.0822. The molecule has 3 rings (SSSR count). The Morgan fingerprint density at radius 2 is 2.00 bits per heavy atom. The van der Waals surface area contributed by atoms with Gasteiger partial charge in [-0.2, -0.15) is 0 Å². The molecule has 9 nitrogen and oxygen atoms in total. The van der Waals surface area contributed by atoms with Gasteiger partial charge in [0.25, 0.3) is 10.9 Å². The Morgan fingerprint density at radius 1 is 1.25 bits per heavy atom. The Morgan fingerprint density at radius 3 is 2.68 bits per heavy atom. The van der Waals surface area contributed by atoms with Crippen LogP contribution in [-0.2, 0) is 4.79 Å². The number of carbonyl (C=O) groups is 1. The number of nitro benzene ring substituents is 1. The molecule has 1 heterocycles. The number of nitrogens with one attached hydrogen (secondary N) is 1. The summed E-state index contributed by atoms with van der Waals surface area (Å²) < 4.78 is 10.6. The van der Waals surface area contributed by atoms with Gasteiger partial charge in [0, 0.05) is 5.56 Å². The number of benzene rings is 2. The monoisotopic (exact) mass is 400 g/mol. The van der Waals surface area contributed by atoms with E-state index in [0.29, 0.717) is 11.6 Å². The third kappa shape index (κ3) is 4.46. The number of amides is 1. The van der Waals surface area contributed by atoms with Crippen LogP contribution in [0.1, 0.15) is 6.92 Å². The highest BCUT2D eigenvalue weighted by atomic mass is 32.2. The number of rotatable bonds is 7. The maximum absolute atomic E-state index is 12.4. The quantitative estimate of drug-likeness (QED) is 0.361. The van der Waals surface area contributed by atoms with Gasteiger partial charge in [0.15, 0.2) is 0 Å². The van der Waals surface area contributed by atoms with Crippen LogP contribution in [-0.4, -0.2) is 33.4 Å². The van der Waals surface area contributed by atoms with Crippen LogP contribution in [0.15, 0.2) is 58.2 Å². The zero-order chi connectivity index (χ0) is 20.1. The Hall–Kier alpha value is -3.40. The standard InChI is InChI=1S/C18H16N4O5S/c1-11(28-18-21-20-17(27-18)12-6-4-3-5-7-12)16(23)19-14-9-8-13(26-2)10-15(14)22(24)25/h3-11H,1-2H3,(H,19,23)/t11-/m0/s1. The fourth-order valence-corrected chi connectivity index (χ4v) is 2.97. The Bertz CT molecular complexity index is 993. The summed E-state index contributed by atoms with van der Waals surface area (Å²) in [5.74, 6) is 0.241. The third-order valence-corrected chi connectivity index (χ3v) is 4.67. The predicted molar refractivity (Wildman–Crippen MR) is 103 cm³/mol. The number of carbonyl (C=O) groups excluding carboxylic acids is 1. The molecule has 1 N–H and O–H groups in total. The molecule has 0 aliphatic rings. The molecule has 3 aromatic rings. The molecule has 0 aliphatic carbocycles. The molecule has 0 aliphatic heterocycles. The number of hydrogen-bond acceptors (Lipinski definition) is 8. The molecule has 0 spiro atoms. The van der Waals surface area contributed by atoms with Crippen molar-refractivity contribution in [3.8, 4) is 17.2 Å². The summed E-state index contributed by atoms with van der Waals surface area (Å²) in [5, 5.41) is 21.3. The first-order valence-electron chi connectivity index (χ1n) is 8.17. The predicted octanol–water partition coefficient (Wildman–Crippen LogP) is 3.77. The van der Waals surface area contributed by atoms with Gasteiger partial charge in [-0.15, -0.1) is 10.2 Å². The molecule has 28 heavy (non-hydrogen) atoms. The molecule has 0 radical (unpaired) electrons. The summed E-state index contributed by atoms with van der Waals surface area (Å²) in [4.78, 5) is 23.1. The van der Waals surface area contributed by atoms with Crippen LogP contribution in [0, 0.1) is 10.1 Å². The molecule has 0 saturated heterocycles. The minimum atomic E-state index is -0.620. The number of thioether (sulfide) groups is 1. The van der Waals surface area contributed by atoms with Crippen LogP contribution in [0.2, 0.25) is 0 Å². The molecule has 10 heteroatoms. The van der Waals surface area contributed by atoms with Gasteiger partial charge in [0.05, 0.1) is 23.3 Å². The second-order valence-corrected chi connectivity index (χ2v) is 6.92. The summed E-state index contributed by atoms with van der Waals surface area (Å²) in [5.41, 5.74) is 0.598. The van der Waals surface area contributed by atoms with E-state index in [4.69, 9.17) is 9.15 Å². The summed E-state index contributed by atoms with van der Waals surface area (Å²) in [7, 11) is 1.41. The molecule has 0 fully saturated rings. The first kappa shape index (κ1) is 19.4. The normalized spacial score (nSPS) is 11.6. The summed E-state index contributed by atoms with van der Waals surface area (Å²) in [6, 6.07) is 13.4. The van der Waals surface area contributed by atoms with Gasteiger partial charge in [-0.1, -0.05) is 30.0 Å². The summed E-state index contributed by atoms with van der Waals surface area (Å²) in [6.45, 7) is 1.64. The first-order valence-corrected chi connectivity index (χ1v) is 9.04. The SMILES string of the molecule is COc1ccc(NC(=O)[C@H](C)Sc2nnc(-c3ccccc3)o2)c([N+](=O)[O-])c1. The highest BCUT2D eigenvalue weighted by Crippen LogP contribution is 2.31. The minimum Gasteiger partial charge on any atom is -0.496 e. The van der Waals surface area contributed by atoms with Gasteiger partial charge in [0.1, 0.15) is 11.4 Å². The Labute approximate surface area is 164 Å². The first-order chi connectivity index (χ1) is 13.5. The van der Waals surface area contributed by atoms with Crippen LogP contribution in [0.25, 0.3) is 11.5 Å². The molecule has 1 aromatic heterocycles. The molecule has 0 unspecified atom stereocenters. The number of ether oxygens (including phenoxy) is 1. The Balaban J connectivity index is 1.69. The number of methoxy groups -OCH3 is 1. The molecule has 0 saturated carbocycles. The van der Waals surface area contributed by atoms with E-state index in [2.05, 4.69) is 15.5 Å². The van der Waals surface area contributed by atoms with E-state index < -0.39 is 16.1 Å². The summed E-state index contributed by atoms with van der Waals surface area (Å²) >= 11 is 1.06. The van der Waals surface area contributed by atoms with E-state index in [1.54, 1.807) is 6.92 Å². The van der Waals surface area contributed by atoms with Crippen molar-refractivity contribution >= 4 is 29.0 Å². The number of aromatic nitrogens is 2. The van der Waals surface area contributed by atoms with Gasteiger partial charge >= 0.3 is 0 Å². The molecular weight excluding hydrogens is 384 g/mol. The van der Waals surface area contributed by atoms with E-state index >= 15 is 0 Å². The molecule has 1 amide bonds. The van der Waals surface area contributed by atoms with E-state index in [0.717, 1.165) is 17.3 Å². The van der Waals surface area contributed by atoms with Crippen LogP contribution in [0.4, 0.5) is 11.4 Å². The zero-order valence-electron chi connectivity index (χ0n) is 15.0. The number of nitro groups is 1. The number of hydrogen-bond donors (Lipinski definition) is 1. The van der Waals surface area contributed by atoms with Gasteiger partial charge in [-0.3, -0.25) is 14.9 Å². The molecule has 2 aromatic carbocycles. The van der Waals surface area contributed by atoms with E-state index in [1.165, 1.54) is 25.3 Å². The average molecular weight is 400 g/mol. The second-order valence-electron chi connectivity index (χ2n) is 5.63. The number of nitrogens with zero attached hydrogens (tertiary/aromatic N) is 3.